The first-order valence-corrected chi connectivity index (χ1v) is 8.60. The van der Waals surface area contributed by atoms with Crippen molar-refractivity contribution in [3.8, 4) is 0 Å². The lowest BCUT2D eigenvalue weighted by Crippen LogP contribution is -2.31. The van der Waals surface area contributed by atoms with E-state index in [0.29, 0.717) is 28.9 Å². The number of rotatable bonds is 5. The van der Waals surface area contributed by atoms with E-state index < -0.39 is 0 Å². The third kappa shape index (κ3) is 4.69. The van der Waals surface area contributed by atoms with Crippen LogP contribution in [0.15, 0.2) is 30.5 Å². The summed E-state index contributed by atoms with van der Waals surface area (Å²) in [5.41, 5.74) is 0.569. The Balaban J connectivity index is 1.97. The molecule has 0 aliphatic heterocycles. The highest BCUT2D eigenvalue weighted by Crippen LogP contribution is 2.22. The maximum absolute atomic E-state index is 12.2. The number of pyridine rings is 1. The topological polar surface area (TPSA) is 65.5 Å². The summed E-state index contributed by atoms with van der Waals surface area (Å²) in [6, 6.07) is 6.90. The Morgan fingerprint density at radius 3 is 2.54 bits per heavy atom. The SMILES string of the molecule is CCN(C(C)=O)c1ccc(NC(=O)N(C)Cc2ccc(Cl)s2)cn1. The van der Waals surface area contributed by atoms with Crippen LogP contribution in [0.3, 0.4) is 0 Å². The lowest BCUT2D eigenvalue weighted by molar-refractivity contribution is -0.116. The quantitative estimate of drug-likeness (QED) is 0.874. The maximum atomic E-state index is 12.2. The number of thiophene rings is 1. The Bertz CT molecular complexity index is 717. The number of carbonyl (C=O) groups excluding carboxylic acids is 2. The zero-order valence-electron chi connectivity index (χ0n) is 13.7. The van der Waals surface area contributed by atoms with Crippen LogP contribution in [0.1, 0.15) is 18.7 Å². The van der Waals surface area contributed by atoms with E-state index in [1.165, 1.54) is 24.5 Å². The molecule has 0 spiro atoms. The first-order valence-electron chi connectivity index (χ1n) is 7.41. The van der Waals surface area contributed by atoms with Gasteiger partial charge in [-0.2, -0.15) is 0 Å². The van der Waals surface area contributed by atoms with Gasteiger partial charge in [-0.15, -0.1) is 11.3 Å². The molecule has 6 nitrogen and oxygen atoms in total. The molecule has 2 aromatic heterocycles. The molecule has 2 aromatic rings. The van der Waals surface area contributed by atoms with Gasteiger partial charge in [-0.1, -0.05) is 11.6 Å². The number of carbonyl (C=O) groups is 2. The third-order valence-corrected chi connectivity index (χ3v) is 4.56. The van der Waals surface area contributed by atoms with Crippen molar-refractivity contribution < 1.29 is 9.59 Å². The number of urea groups is 1. The lowest BCUT2D eigenvalue weighted by Gasteiger charge is -2.19. The standard InChI is InChI=1S/C16H19ClN4O2S/c1-4-21(11(2)22)15-8-5-12(9-18-15)19-16(23)20(3)10-13-6-7-14(17)24-13/h5-9H,4,10H2,1-3H3,(H,19,23). The Morgan fingerprint density at radius 1 is 1.29 bits per heavy atom. The zero-order chi connectivity index (χ0) is 17.7. The summed E-state index contributed by atoms with van der Waals surface area (Å²) >= 11 is 7.33. The highest BCUT2D eigenvalue weighted by Gasteiger charge is 2.13. The average Bonchev–Trinajstić information content (AvgIpc) is 2.94. The highest BCUT2D eigenvalue weighted by atomic mass is 35.5. The van der Waals surface area contributed by atoms with Crippen molar-refractivity contribution in [1.82, 2.24) is 9.88 Å². The second kappa shape index (κ2) is 8.12. The van der Waals surface area contributed by atoms with Crippen molar-refractivity contribution in [2.75, 3.05) is 23.8 Å². The van der Waals surface area contributed by atoms with E-state index in [1.54, 1.807) is 29.0 Å². The second-order valence-electron chi connectivity index (χ2n) is 5.16. The van der Waals surface area contributed by atoms with Crippen LogP contribution in [0, 0.1) is 0 Å². The maximum Gasteiger partial charge on any atom is 0.321 e. The number of amides is 3. The van der Waals surface area contributed by atoms with Crippen LogP contribution in [0.4, 0.5) is 16.3 Å². The van der Waals surface area contributed by atoms with Gasteiger partial charge in [-0.3, -0.25) is 9.69 Å². The van der Waals surface area contributed by atoms with Gasteiger partial charge in [0.25, 0.3) is 0 Å². The molecule has 0 saturated carbocycles. The molecule has 2 heterocycles. The fourth-order valence-corrected chi connectivity index (χ4v) is 3.27. The first-order chi connectivity index (χ1) is 11.4. The summed E-state index contributed by atoms with van der Waals surface area (Å²) in [6.45, 7) is 4.39. The van der Waals surface area contributed by atoms with Crippen LogP contribution in [-0.4, -0.2) is 35.4 Å². The Hall–Kier alpha value is -2.12. The van der Waals surface area contributed by atoms with Crippen LogP contribution in [0.5, 0.6) is 0 Å². The summed E-state index contributed by atoms with van der Waals surface area (Å²) in [5.74, 6) is 0.487. The Morgan fingerprint density at radius 2 is 2.04 bits per heavy atom. The van der Waals surface area contributed by atoms with E-state index in [1.807, 2.05) is 19.1 Å². The first kappa shape index (κ1) is 18.2. The van der Waals surface area contributed by atoms with Crippen molar-refractivity contribution in [3.63, 3.8) is 0 Å². The van der Waals surface area contributed by atoms with Crippen molar-refractivity contribution in [2.24, 2.45) is 0 Å². The fourth-order valence-electron chi connectivity index (χ4n) is 2.13. The molecular formula is C16H19ClN4O2S. The molecule has 0 atom stereocenters. The number of aromatic nitrogens is 1. The van der Waals surface area contributed by atoms with Gasteiger partial charge in [-0.25, -0.2) is 9.78 Å². The van der Waals surface area contributed by atoms with Gasteiger partial charge in [0.15, 0.2) is 0 Å². The van der Waals surface area contributed by atoms with E-state index >= 15 is 0 Å². The Kier molecular flexibility index (Phi) is 6.16. The predicted molar refractivity (Wildman–Crippen MR) is 97.8 cm³/mol. The van der Waals surface area contributed by atoms with Gasteiger partial charge in [0.05, 0.1) is 22.8 Å². The van der Waals surface area contributed by atoms with E-state index in [9.17, 15) is 9.59 Å². The molecule has 1 N–H and O–H groups in total. The number of halogens is 1. The van der Waals surface area contributed by atoms with Crippen LogP contribution in [0.2, 0.25) is 4.34 Å². The van der Waals surface area contributed by atoms with E-state index in [4.69, 9.17) is 11.6 Å². The molecule has 0 bridgehead atoms. The minimum absolute atomic E-state index is 0.0730. The summed E-state index contributed by atoms with van der Waals surface area (Å²) in [7, 11) is 1.71. The molecule has 24 heavy (non-hydrogen) atoms. The van der Waals surface area contributed by atoms with Crippen LogP contribution >= 0.6 is 22.9 Å². The number of hydrogen-bond donors (Lipinski definition) is 1. The second-order valence-corrected chi connectivity index (χ2v) is 6.96. The molecular weight excluding hydrogens is 348 g/mol. The molecule has 0 fully saturated rings. The molecule has 8 heteroatoms. The molecule has 0 aliphatic rings. The zero-order valence-corrected chi connectivity index (χ0v) is 15.3. The average molecular weight is 367 g/mol. The molecule has 0 saturated heterocycles. The lowest BCUT2D eigenvalue weighted by atomic mass is 10.3. The van der Waals surface area contributed by atoms with E-state index in [2.05, 4.69) is 10.3 Å². The van der Waals surface area contributed by atoms with Crippen LogP contribution in [-0.2, 0) is 11.3 Å². The summed E-state index contributed by atoms with van der Waals surface area (Å²) < 4.78 is 0.699. The van der Waals surface area contributed by atoms with Crippen molar-refractivity contribution in [1.29, 1.82) is 0 Å². The van der Waals surface area contributed by atoms with Gasteiger partial charge in [0, 0.05) is 25.4 Å². The predicted octanol–water partition coefficient (Wildman–Crippen LogP) is 3.83. The smallest absolute Gasteiger partial charge is 0.321 e. The fraction of sp³-hybridized carbons (Fsp3) is 0.312. The largest absolute Gasteiger partial charge is 0.322 e. The monoisotopic (exact) mass is 366 g/mol. The van der Waals surface area contributed by atoms with E-state index in [-0.39, 0.29) is 11.9 Å². The van der Waals surface area contributed by atoms with Crippen molar-refractivity contribution in [3.05, 3.63) is 39.7 Å². The number of hydrogen-bond acceptors (Lipinski definition) is 4. The van der Waals surface area contributed by atoms with Gasteiger partial charge in [-0.05, 0) is 31.2 Å². The molecule has 0 aliphatic carbocycles. The molecule has 3 amide bonds. The number of nitrogens with zero attached hydrogens (tertiary/aromatic N) is 3. The van der Waals surface area contributed by atoms with Crippen LogP contribution in [0.25, 0.3) is 0 Å². The summed E-state index contributed by atoms with van der Waals surface area (Å²) in [4.78, 5) is 32.1. The Labute approximate surface area is 150 Å². The van der Waals surface area contributed by atoms with Crippen molar-refractivity contribution in [2.45, 2.75) is 20.4 Å². The molecule has 0 aromatic carbocycles. The normalized spacial score (nSPS) is 10.3. The molecule has 0 radical (unpaired) electrons. The van der Waals surface area contributed by atoms with Crippen molar-refractivity contribution >= 4 is 46.4 Å². The van der Waals surface area contributed by atoms with Gasteiger partial charge >= 0.3 is 6.03 Å². The van der Waals surface area contributed by atoms with Gasteiger partial charge in [0.1, 0.15) is 5.82 Å². The third-order valence-electron chi connectivity index (χ3n) is 3.34. The van der Waals surface area contributed by atoms with Gasteiger partial charge < -0.3 is 10.2 Å². The summed E-state index contributed by atoms with van der Waals surface area (Å²) in [6.07, 6.45) is 1.54. The summed E-state index contributed by atoms with van der Waals surface area (Å²) in [5, 5.41) is 2.77. The van der Waals surface area contributed by atoms with Crippen LogP contribution < -0.4 is 10.2 Å². The molecule has 2 rings (SSSR count). The minimum atomic E-state index is -0.243. The molecule has 128 valence electrons. The number of nitrogens with one attached hydrogen (secondary N) is 1. The van der Waals surface area contributed by atoms with E-state index in [0.717, 1.165) is 4.88 Å². The van der Waals surface area contributed by atoms with Gasteiger partial charge in [0.2, 0.25) is 5.91 Å². The number of anilines is 2. The minimum Gasteiger partial charge on any atom is -0.322 e. The molecule has 0 unspecified atom stereocenters. The highest BCUT2D eigenvalue weighted by molar-refractivity contribution is 7.16.